The lowest BCUT2D eigenvalue weighted by Gasteiger charge is -2.17. The molecular weight excluding hydrogens is 234 g/mol. The SMILES string of the molecule is CC(C)(C)CCOCc1cccc(CNC2CC2)c1. The molecule has 0 unspecified atom stereocenters. The lowest BCUT2D eigenvalue weighted by Crippen LogP contribution is -2.15. The normalized spacial score (nSPS) is 15.7. The van der Waals surface area contributed by atoms with Crippen LogP contribution in [0.15, 0.2) is 24.3 Å². The fourth-order valence-corrected chi connectivity index (χ4v) is 1.95. The quantitative estimate of drug-likeness (QED) is 0.752. The predicted molar refractivity (Wildman–Crippen MR) is 80.0 cm³/mol. The zero-order chi connectivity index (χ0) is 13.7. The molecule has 2 rings (SSSR count). The summed E-state index contributed by atoms with van der Waals surface area (Å²) in [5.74, 6) is 0. The molecule has 0 radical (unpaired) electrons. The molecule has 0 aromatic heterocycles. The fraction of sp³-hybridized carbons (Fsp3) is 0.647. The summed E-state index contributed by atoms with van der Waals surface area (Å²) in [6, 6.07) is 9.50. The van der Waals surface area contributed by atoms with Gasteiger partial charge in [-0.25, -0.2) is 0 Å². The molecular formula is C17H27NO. The highest BCUT2D eigenvalue weighted by atomic mass is 16.5. The van der Waals surface area contributed by atoms with Crippen LogP contribution in [0, 0.1) is 5.41 Å². The molecule has 1 aliphatic rings. The molecule has 0 saturated heterocycles. The van der Waals surface area contributed by atoms with Crippen molar-refractivity contribution >= 4 is 0 Å². The summed E-state index contributed by atoms with van der Waals surface area (Å²) < 4.78 is 5.77. The molecule has 1 aromatic rings. The molecule has 0 heterocycles. The van der Waals surface area contributed by atoms with E-state index in [2.05, 4.69) is 50.4 Å². The van der Waals surface area contributed by atoms with Gasteiger partial charge in [0.05, 0.1) is 6.61 Å². The highest BCUT2D eigenvalue weighted by molar-refractivity contribution is 5.23. The van der Waals surface area contributed by atoms with Crippen molar-refractivity contribution in [1.29, 1.82) is 0 Å². The van der Waals surface area contributed by atoms with Gasteiger partial charge in [0.1, 0.15) is 0 Å². The first-order valence-electron chi connectivity index (χ1n) is 7.42. The van der Waals surface area contributed by atoms with E-state index < -0.39 is 0 Å². The number of ether oxygens (including phenoxy) is 1. The minimum absolute atomic E-state index is 0.357. The monoisotopic (exact) mass is 261 g/mol. The number of benzene rings is 1. The van der Waals surface area contributed by atoms with E-state index in [1.807, 2.05) is 0 Å². The van der Waals surface area contributed by atoms with Gasteiger partial charge in [-0.2, -0.15) is 0 Å². The molecule has 2 nitrogen and oxygen atoms in total. The number of hydrogen-bond acceptors (Lipinski definition) is 2. The molecule has 0 amide bonds. The lowest BCUT2D eigenvalue weighted by atomic mass is 9.93. The smallest absolute Gasteiger partial charge is 0.0716 e. The van der Waals surface area contributed by atoms with Crippen molar-refractivity contribution in [3.8, 4) is 0 Å². The van der Waals surface area contributed by atoms with Crippen LogP contribution in [0.4, 0.5) is 0 Å². The molecule has 0 atom stereocenters. The van der Waals surface area contributed by atoms with Gasteiger partial charge in [0, 0.05) is 19.2 Å². The van der Waals surface area contributed by atoms with Crippen LogP contribution in [0.1, 0.15) is 51.2 Å². The number of hydrogen-bond donors (Lipinski definition) is 1. The second kappa shape index (κ2) is 6.53. The van der Waals surface area contributed by atoms with E-state index in [9.17, 15) is 0 Å². The van der Waals surface area contributed by atoms with Gasteiger partial charge in [-0.15, -0.1) is 0 Å². The largest absolute Gasteiger partial charge is 0.377 e. The molecule has 106 valence electrons. The summed E-state index contributed by atoms with van der Waals surface area (Å²) in [4.78, 5) is 0. The molecule has 1 aromatic carbocycles. The maximum absolute atomic E-state index is 5.77. The summed E-state index contributed by atoms with van der Waals surface area (Å²) in [5, 5.41) is 3.55. The van der Waals surface area contributed by atoms with Crippen LogP contribution in [0.2, 0.25) is 0 Å². The zero-order valence-electron chi connectivity index (χ0n) is 12.5. The summed E-state index contributed by atoms with van der Waals surface area (Å²) >= 11 is 0. The maximum atomic E-state index is 5.77. The molecule has 19 heavy (non-hydrogen) atoms. The highest BCUT2D eigenvalue weighted by Crippen LogP contribution is 2.20. The molecule has 0 aliphatic heterocycles. The van der Waals surface area contributed by atoms with E-state index in [-0.39, 0.29) is 0 Å². The molecule has 1 saturated carbocycles. The second-order valence-electron chi connectivity index (χ2n) is 6.84. The highest BCUT2D eigenvalue weighted by Gasteiger charge is 2.19. The average Bonchev–Trinajstić information content (AvgIpc) is 3.16. The Hall–Kier alpha value is -0.860. The Labute approximate surface area is 117 Å². The molecule has 2 heteroatoms. The van der Waals surface area contributed by atoms with Crippen molar-refractivity contribution in [2.75, 3.05) is 6.61 Å². The Morgan fingerprint density at radius 1 is 1.21 bits per heavy atom. The van der Waals surface area contributed by atoms with E-state index >= 15 is 0 Å². The average molecular weight is 261 g/mol. The minimum Gasteiger partial charge on any atom is -0.377 e. The molecule has 1 N–H and O–H groups in total. The number of rotatable bonds is 7. The Bertz CT molecular complexity index is 390. The topological polar surface area (TPSA) is 21.3 Å². The van der Waals surface area contributed by atoms with Gasteiger partial charge in [0.15, 0.2) is 0 Å². The Kier molecular flexibility index (Phi) is 5.00. The molecule has 0 spiro atoms. The third-order valence-electron chi connectivity index (χ3n) is 3.43. The van der Waals surface area contributed by atoms with Crippen molar-refractivity contribution in [2.24, 2.45) is 5.41 Å². The first kappa shape index (κ1) is 14.5. The van der Waals surface area contributed by atoms with Crippen LogP contribution in [-0.2, 0) is 17.9 Å². The lowest BCUT2D eigenvalue weighted by molar-refractivity contribution is 0.0962. The van der Waals surface area contributed by atoms with E-state index in [4.69, 9.17) is 4.74 Å². The molecule has 1 fully saturated rings. The van der Waals surface area contributed by atoms with E-state index in [0.29, 0.717) is 5.41 Å². The van der Waals surface area contributed by atoms with Crippen LogP contribution in [0.5, 0.6) is 0 Å². The predicted octanol–water partition coefficient (Wildman–Crippen LogP) is 3.89. The Morgan fingerprint density at radius 3 is 2.63 bits per heavy atom. The first-order valence-corrected chi connectivity index (χ1v) is 7.42. The summed E-state index contributed by atoms with van der Waals surface area (Å²) in [5.41, 5.74) is 3.00. The maximum Gasteiger partial charge on any atom is 0.0716 e. The van der Waals surface area contributed by atoms with Crippen LogP contribution in [-0.4, -0.2) is 12.6 Å². The van der Waals surface area contributed by atoms with Crippen LogP contribution in [0.25, 0.3) is 0 Å². The first-order chi connectivity index (χ1) is 9.03. The van der Waals surface area contributed by atoms with Crippen molar-refractivity contribution in [2.45, 2.75) is 59.2 Å². The van der Waals surface area contributed by atoms with Gasteiger partial charge in [-0.05, 0) is 35.8 Å². The van der Waals surface area contributed by atoms with E-state index in [0.717, 1.165) is 32.2 Å². The molecule has 1 aliphatic carbocycles. The van der Waals surface area contributed by atoms with Crippen molar-refractivity contribution in [3.63, 3.8) is 0 Å². The number of nitrogens with one attached hydrogen (secondary N) is 1. The summed E-state index contributed by atoms with van der Waals surface area (Å²) in [7, 11) is 0. The van der Waals surface area contributed by atoms with Crippen LogP contribution >= 0.6 is 0 Å². The third kappa shape index (κ3) is 6.22. The van der Waals surface area contributed by atoms with Gasteiger partial charge in [-0.3, -0.25) is 0 Å². The van der Waals surface area contributed by atoms with E-state index in [1.165, 1.54) is 24.0 Å². The summed E-state index contributed by atoms with van der Waals surface area (Å²) in [6.45, 7) is 9.31. The minimum atomic E-state index is 0.357. The van der Waals surface area contributed by atoms with Gasteiger partial charge in [0.25, 0.3) is 0 Å². The van der Waals surface area contributed by atoms with Gasteiger partial charge in [-0.1, -0.05) is 45.0 Å². The Morgan fingerprint density at radius 2 is 1.95 bits per heavy atom. The zero-order valence-corrected chi connectivity index (χ0v) is 12.5. The van der Waals surface area contributed by atoms with Gasteiger partial charge in [0.2, 0.25) is 0 Å². The van der Waals surface area contributed by atoms with Crippen molar-refractivity contribution < 1.29 is 4.74 Å². The van der Waals surface area contributed by atoms with Crippen LogP contribution in [0.3, 0.4) is 0 Å². The Balaban J connectivity index is 1.71. The van der Waals surface area contributed by atoms with Gasteiger partial charge >= 0.3 is 0 Å². The molecule has 0 bridgehead atoms. The van der Waals surface area contributed by atoms with E-state index in [1.54, 1.807) is 0 Å². The van der Waals surface area contributed by atoms with Crippen molar-refractivity contribution in [1.82, 2.24) is 5.32 Å². The third-order valence-corrected chi connectivity index (χ3v) is 3.43. The van der Waals surface area contributed by atoms with Crippen LogP contribution < -0.4 is 5.32 Å². The second-order valence-corrected chi connectivity index (χ2v) is 6.84. The summed E-state index contributed by atoms with van der Waals surface area (Å²) in [6.07, 6.45) is 3.79. The fourth-order valence-electron chi connectivity index (χ4n) is 1.95. The van der Waals surface area contributed by atoms with Crippen molar-refractivity contribution in [3.05, 3.63) is 35.4 Å². The standard InChI is InChI=1S/C17H27NO/c1-17(2,3)9-10-19-13-15-6-4-5-14(11-15)12-18-16-7-8-16/h4-6,11,16,18H,7-10,12-13H2,1-3H3. The van der Waals surface area contributed by atoms with Gasteiger partial charge < -0.3 is 10.1 Å².